The maximum atomic E-state index is 12.7. The number of nitrogens with one attached hydrogen (secondary N) is 1. The van der Waals surface area contributed by atoms with E-state index in [0.29, 0.717) is 24.8 Å². The second kappa shape index (κ2) is 9.04. The molecule has 0 radical (unpaired) electrons. The molecule has 6 nitrogen and oxygen atoms in total. The van der Waals surface area contributed by atoms with E-state index in [2.05, 4.69) is 24.3 Å². The Balaban J connectivity index is 1.59. The minimum absolute atomic E-state index is 0.146. The van der Waals surface area contributed by atoms with E-state index >= 15 is 0 Å². The summed E-state index contributed by atoms with van der Waals surface area (Å²) in [7, 11) is 0. The van der Waals surface area contributed by atoms with Crippen LogP contribution in [0.25, 0.3) is 0 Å². The Hall–Kier alpha value is -2.34. The molecule has 0 saturated carbocycles. The van der Waals surface area contributed by atoms with Crippen LogP contribution in [0.5, 0.6) is 5.75 Å². The van der Waals surface area contributed by atoms with Crippen LogP contribution in [-0.2, 0) is 17.7 Å². The molecule has 2 heterocycles. The Kier molecular flexibility index (Phi) is 6.50. The summed E-state index contributed by atoms with van der Waals surface area (Å²) in [6, 6.07) is 9.32. The van der Waals surface area contributed by atoms with Gasteiger partial charge in [-0.1, -0.05) is 13.8 Å². The van der Waals surface area contributed by atoms with Gasteiger partial charge in [0, 0.05) is 18.8 Å². The van der Waals surface area contributed by atoms with E-state index in [9.17, 15) is 4.79 Å². The Morgan fingerprint density at radius 2 is 2.15 bits per heavy atom. The van der Waals surface area contributed by atoms with Crippen molar-refractivity contribution in [3.8, 4) is 5.75 Å². The van der Waals surface area contributed by atoms with Gasteiger partial charge < -0.3 is 14.8 Å². The van der Waals surface area contributed by atoms with Crippen LogP contribution in [0.1, 0.15) is 49.8 Å². The van der Waals surface area contributed by atoms with Crippen LogP contribution in [0.2, 0.25) is 0 Å². The fraction of sp³-hybridized carbons (Fsp3) is 0.524. The summed E-state index contributed by atoms with van der Waals surface area (Å²) < 4.78 is 13.1. The van der Waals surface area contributed by atoms with Crippen molar-refractivity contribution in [2.75, 3.05) is 18.5 Å². The summed E-state index contributed by atoms with van der Waals surface area (Å²) in [5, 5.41) is 7.48. The van der Waals surface area contributed by atoms with Crippen LogP contribution >= 0.6 is 0 Å². The van der Waals surface area contributed by atoms with Crippen molar-refractivity contribution in [3.05, 3.63) is 41.7 Å². The zero-order valence-corrected chi connectivity index (χ0v) is 16.4. The number of aryl methyl sites for hydroxylation is 1. The van der Waals surface area contributed by atoms with Gasteiger partial charge in [0.25, 0.3) is 5.91 Å². The second-order valence-electron chi connectivity index (χ2n) is 7.36. The fourth-order valence-electron chi connectivity index (χ4n) is 3.21. The van der Waals surface area contributed by atoms with Gasteiger partial charge in [-0.3, -0.25) is 9.48 Å². The Bertz CT molecular complexity index is 747. The van der Waals surface area contributed by atoms with Crippen molar-refractivity contribution >= 4 is 11.6 Å². The maximum Gasteiger partial charge on any atom is 0.273 e. The maximum absolute atomic E-state index is 12.7. The third-order valence-corrected chi connectivity index (χ3v) is 4.55. The molecule has 27 heavy (non-hydrogen) atoms. The molecule has 1 aromatic carbocycles. The Morgan fingerprint density at radius 1 is 1.37 bits per heavy atom. The summed E-state index contributed by atoms with van der Waals surface area (Å²) in [4.78, 5) is 12.7. The molecule has 0 spiro atoms. The number of hydrogen-bond acceptors (Lipinski definition) is 4. The number of amides is 1. The van der Waals surface area contributed by atoms with Crippen molar-refractivity contribution < 1.29 is 14.3 Å². The first-order chi connectivity index (χ1) is 13.0. The van der Waals surface area contributed by atoms with Gasteiger partial charge in [0.1, 0.15) is 18.1 Å². The molecule has 1 fully saturated rings. The molecule has 1 aliphatic heterocycles. The molecule has 0 aliphatic carbocycles. The summed E-state index contributed by atoms with van der Waals surface area (Å²) >= 11 is 0. The minimum Gasteiger partial charge on any atom is -0.491 e. The third-order valence-electron chi connectivity index (χ3n) is 4.55. The van der Waals surface area contributed by atoms with Gasteiger partial charge in [0.05, 0.1) is 11.8 Å². The Labute approximate surface area is 160 Å². The lowest BCUT2D eigenvalue weighted by atomic mass is 10.1. The number of anilines is 1. The SMILES string of the molecule is CCn1nc(CC(C)C)cc1C(=O)Nc1ccc(OCC2CCCO2)cc1. The van der Waals surface area contributed by atoms with Crippen molar-refractivity contribution in [1.82, 2.24) is 9.78 Å². The molecule has 1 amide bonds. The molecular weight excluding hydrogens is 342 g/mol. The van der Waals surface area contributed by atoms with Gasteiger partial charge in [-0.25, -0.2) is 0 Å². The lowest BCUT2D eigenvalue weighted by Gasteiger charge is -2.12. The number of nitrogens with zero attached hydrogens (tertiary/aromatic N) is 2. The van der Waals surface area contributed by atoms with Gasteiger partial charge in [-0.2, -0.15) is 5.10 Å². The first kappa shape index (κ1) is 19.4. The monoisotopic (exact) mass is 371 g/mol. The van der Waals surface area contributed by atoms with Gasteiger partial charge in [0.15, 0.2) is 0 Å². The predicted octanol–water partition coefficient (Wildman–Crippen LogP) is 3.91. The molecule has 3 rings (SSSR count). The van der Waals surface area contributed by atoms with Gasteiger partial charge >= 0.3 is 0 Å². The average molecular weight is 371 g/mol. The molecule has 146 valence electrons. The summed E-state index contributed by atoms with van der Waals surface area (Å²) in [5.74, 6) is 1.14. The lowest BCUT2D eigenvalue weighted by Crippen LogP contribution is -2.17. The number of ether oxygens (including phenoxy) is 2. The normalized spacial score (nSPS) is 16.7. The summed E-state index contributed by atoms with van der Waals surface area (Å²) in [6.07, 6.45) is 3.22. The van der Waals surface area contributed by atoms with E-state index in [1.807, 2.05) is 37.3 Å². The highest BCUT2D eigenvalue weighted by atomic mass is 16.5. The number of carbonyl (C=O) groups is 1. The highest BCUT2D eigenvalue weighted by Gasteiger charge is 2.17. The number of carbonyl (C=O) groups excluding carboxylic acids is 1. The second-order valence-corrected chi connectivity index (χ2v) is 7.36. The zero-order chi connectivity index (χ0) is 19.2. The first-order valence-corrected chi connectivity index (χ1v) is 9.77. The highest BCUT2D eigenvalue weighted by molar-refractivity contribution is 6.03. The topological polar surface area (TPSA) is 65.4 Å². The van der Waals surface area contributed by atoms with Crippen LogP contribution in [0.15, 0.2) is 30.3 Å². The summed E-state index contributed by atoms with van der Waals surface area (Å²) in [5.41, 5.74) is 2.28. The van der Waals surface area contributed by atoms with Crippen molar-refractivity contribution in [1.29, 1.82) is 0 Å². The van der Waals surface area contributed by atoms with E-state index in [0.717, 1.165) is 43.0 Å². The minimum atomic E-state index is -0.146. The van der Waals surface area contributed by atoms with Crippen molar-refractivity contribution in [2.24, 2.45) is 5.92 Å². The van der Waals surface area contributed by atoms with E-state index in [1.165, 1.54) is 0 Å². The molecular formula is C21H29N3O3. The number of hydrogen-bond donors (Lipinski definition) is 1. The van der Waals surface area contributed by atoms with Crippen LogP contribution in [0, 0.1) is 5.92 Å². The van der Waals surface area contributed by atoms with Crippen LogP contribution < -0.4 is 10.1 Å². The lowest BCUT2D eigenvalue weighted by molar-refractivity contribution is 0.0679. The molecule has 0 bridgehead atoms. The molecule has 1 saturated heterocycles. The van der Waals surface area contributed by atoms with Crippen LogP contribution in [0.4, 0.5) is 5.69 Å². The summed E-state index contributed by atoms with van der Waals surface area (Å²) in [6.45, 7) is 8.34. The van der Waals surface area contributed by atoms with Gasteiger partial charge in [-0.05, 0) is 62.4 Å². The largest absolute Gasteiger partial charge is 0.491 e. The van der Waals surface area contributed by atoms with Gasteiger partial charge in [0.2, 0.25) is 0 Å². The quantitative estimate of drug-likeness (QED) is 0.764. The number of benzene rings is 1. The molecule has 2 aromatic rings. The van der Waals surface area contributed by atoms with E-state index in [4.69, 9.17) is 9.47 Å². The fourth-order valence-corrected chi connectivity index (χ4v) is 3.21. The molecule has 1 N–H and O–H groups in total. The Morgan fingerprint density at radius 3 is 2.78 bits per heavy atom. The molecule has 1 unspecified atom stereocenters. The van der Waals surface area contributed by atoms with Gasteiger partial charge in [-0.15, -0.1) is 0 Å². The zero-order valence-electron chi connectivity index (χ0n) is 16.4. The third kappa shape index (κ3) is 5.32. The standard InChI is InChI=1S/C21H29N3O3/c1-4-24-20(13-17(23-24)12-15(2)3)21(25)22-16-7-9-18(10-8-16)27-14-19-6-5-11-26-19/h7-10,13,15,19H,4-6,11-12,14H2,1-3H3,(H,22,25). The number of aromatic nitrogens is 2. The molecule has 1 atom stereocenters. The highest BCUT2D eigenvalue weighted by Crippen LogP contribution is 2.19. The van der Waals surface area contributed by atoms with E-state index in [1.54, 1.807) is 4.68 Å². The van der Waals surface area contributed by atoms with Crippen LogP contribution in [-0.4, -0.2) is 35.0 Å². The predicted molar refractivity (Wildman–Crippen MR) is 105 cm³/mol. The first-order valence-electron chi connectivity index (χ1n) is 9.77. The molecule has 6 heteroatoms. The molecule has 1 aromatic heterocycles. The van der Waals surface area contributed by atoms with Crippen molar-refractivity contribution in [2.45, 2.75) is 52.7 Å². The average Bonchev–Trinajstić information content (AvgIpc) is 3.30. The van der Waals surface area contributed by atoms with E-state index < -0.39 is 0 Å². The smallest absolute Gasteiger partial charge is 0.273 e. The van der Waals surface area contributed by atoms with Crippen molar-refractivity contribution in [3.63, 3.8) is 0 Å². The molecule has 1 aliphatic rings. The van der Waals surface area contributed by atoms with Crippen LogP contribution in [0.3, 0.4) is 0 Å². The number of rotatable bonds is 8. The van der Waals surface area contributed by atoms with E-state index in [-0.39, 0.29) is 12.0 Å².